The number of rotatable bonds is 8. The lowest BCUT2D eigenvalue weighted by Gasteiger charge is -2.26. The largest absolute Gasteiger partial charge is 0.310 e. The molecule has 0 spiro atoms. The molecule has 300 valence electrons. The maximum atomic E-state index is 9.58. The maximum Gasteiger partial charge on any atom is 0.0991 e. The van der Waals surface area contributed by atoms with Gasteiger partial charge in [-0.1, -0.05) is 82.3 Å². The van der Waals surface area contributed by atoms with E-state index in [0.717, 1.165) is 44.9 Å². The molecule has 11 rings (SSSR count). The fourth-order valence-electron chi connectivity index (χ4n) is 9.50. The minimum absolute atomic E-state index is 0.432. The quantitative estimate of drug-likeness (QED) is 0.153. The number of nitrogens with zero attached hydrogens (tertiary/aromatic N) is 5. The van der Waals surface area contributed by atoms with Crippen LogP contribution in [0.1, 0.15) is 61.8 Å². The predicted molar refractivity (Wildman–Crippen MR) is 263 cm³/mol. The molecule has 9 aromatic carbocycles. The molecular formula is C58H43N5. The molecule has 5 nitrogen and oxygen atoms in total. The van der Waals surface area contributed by atoms with Crippen LogP contribution in [0.5, 0.6) is 0 Å². The second-order valence-corrected chi connectivity index (χ2v) is 17.3. The topological polar surface area (TPSA) is 58.5 Å². The van der Waals surface area contributed by atoms with Gasteiger partial charge >= 0.3 is 0 Å². The van der Waals surface area contributed by atoms with Crippen LogP contribution in [0.25, 0.3) is 59.6 Å². The molecule has 0 bridgehead atoms. The highest BCUT2D eigenvalue weighted by atomic mass is 15.1. The summed E-state index contributed by atoms with van der Waals surface area (Å²) in [7, 11) is 0. The lowest BCUT2D eigenvalue weighted by atomic mass is 10.0. The Balaban J connectivity index is 1.09. The fourth-order valence-corrected chi connectivity index (χ4v) is 9.50. The van der Waals surface area contributed by atoms with E-state index in [0.29, 0.717) is 23.0 Å². The standard InChI is InChI=1S/C58H43N5/c1-36(2)40-12-22-48(23-13-40)61(46-18-8-38(34-59)9-19-46)50-26-16-42-30-54-52-6-5-7-53-55-31-43-17-27-51(29-45(43)33-57(55)63(58(52)53)56(54)32-44(42)28-50)62(47-20-10-39(35-60)11-21-47)49-24-14-41(15-25-49)37(3)4/h5-33,36-37H,1-4H3. The van der Waals surface area contributed by atoms with Gasteiger partial charge in [0.15, 0.2) is 0 Å². The van der Waals surface area contributed by atoms with Crippen LogP contribution in [-0.2, 0) is 0 Å². The van der Waals surface area contributed by atoms with Crippen molar-refractivity contribution in [3.63, 3.8) is 0 Å². The number of fused-ring (bicyclic) bond motifs is 8. The normalized spacial score (nSPS) is 11.7. The van der Waals surface area contributed by atoms with E-state index in [1.807, 2.05) is 48.5 Å². The van der Waals surface area contributed by atoms with Crippen molar-refractivity contribution < 1.29 is 0 Å². The summed E-state index contributed by atoms with van der Waals surface area (Å²) in [5.74, 6) is 0.864. The van der Waals surface area contributed by atoms with E-state index < -0.39 is 0 Å². The first-order chi connectivity index (χ1) is 30.8. The summed E-state index contributed by atoms with van der Waals surface area (Å²) < 4.78 is 2.47. The van der Waals surface area contributed by atoms with E-state index in [-0.39, 0.29) is 0 Å². The maximum absolute atomic E-state index is 9.58. The van der Waals surface area contributed by atoms with Gasteiger partial charge in [0.1, 0.15) is 0 Å². The number of para-hydroxylation sites is 1. The van der Waals surface area contributed by atoms with Gasteiger partial charge in [0, 0.05) is 55.7 Å². The average Bonchev–Trinajstić information content (AvgIpc) is 3.82. The van der Waals surface area contributed by atoms with Gasteiger partial charge in [-0.05, 0) is 166 Å². The summed E-state index contributed by atoms with van der Waals surface area (Å²) in [5.41, 5.74) is 13.7. The molecule has 0 unspecified atom stereocenters. The summed E-state index contributed by atoms with van der Waals surface area (Å²) in [6, 6.07) is 67.5. The van der Waals surface area contributed by atoms with Gasteiger partial charge in [0.05, 0.1) is 39.8 Å². The van der Waals surface area contributed by atoms with Crippen molar-refractivity contribution in [2.75, 3.05) is 9.80 Å². The monoisotopic (exact) mass is 809 g/mol. The third kappa shape index (κ3) is 6.29. The first-order valence-electron chi connectivity index (χ1n) is 21.7. The highest BCUT2D eigenvalue weighted by Crippen LogP contribution is 2.44. The Morgan fingerprint density at radius 2 is 0.746 bits per heavy atom. The number of aromatic nitrogens is 1. The van der Waals surface area contributed by atoms with Crippen molar-refractivity contribution in [3.05, 3.63) is 198 Å². The molecule has 2 heterocycles. The van der Waals surface area contributed by atoms with Gasteiger partial charge < -0.3 is 14.2 Å². The number of anilines is 6. The molecule has 0 amide bonds. The number of hydrogen-bond acceptors (Lipinski definition) is 4. The molecule has 5 heteroatoms. The lowest BCUT2D eigenvalue weighted by molar-refractivity contribution is 0.866. The van der Waals surface area contributed by atoms with E-state index in [9.17, 15) is 10.5 Å². The lowest BCUT2D eigenvalue weighted by Crippen LogP contribution is -2.10. The highest BCUT2D eigenvalue weighted by Gasteiger charge is 2.21. The van der Waals surface area contributed by atoms with Crippen LogP contribution in [0.15, 0.2) is 176 Å². The van der Waals surface area contributed by atoms with Crippen LogP contribution in [0.4, 0.5) is 34.1 Å². The third-order valence-electron chi connectivity index (χ3n) is 12.9. The molecule has 2 aromatic heterocycles. The molecule has 0 aliphatic carbocycles. The van der Waals surface area contributed by atoms with Gasteiger partial charge in [-0.3, -0.25) is 0 Å². The molecule has 0 aliphatic rings. The smallest absolute Gasteiger partial charge is 0.0991 e. The van der Waals surface area contributed by atoms with Crippen LogP contribution in [0, 0.1) is 22.7 Å². The van der Waals surface area contributed by atoms with E-state index in [4.69, 9.17) is 0 Å². The van der Waals surface area contributed by atoms with E-state index in [2.05, 4.69) is 181 Å². The van der Waals surface area contributed by atoms with Crippen LogP contribution in [0.3, 0.4) is 0 Å². The molecule has 0 aliphatic heterocycles. The summed E-state index contributed by atoms with van der Waals surface area (Å²) >= 11 is 0. The minimum atomic E-state index is 0.432. The molecule has 0 atom stereocenters. The van der Waals surface area contributed by atoms with Crippen LogP contribution >= 0.6 is 0 Å². The average molecular weight is 810 g/mol. The Morgan fingerprint density at radius 1 is 0.381 bits per heavy atom. The Labute approximate surface area is 366 Å². The molecule has 0 N–H and O–H groups in total. The van der Waals surface area contributed by atoms with Crippen molar-refractivity contribution in [1.82, 2.24) is 4.40 Å². The van der Waals surface area contributed by atoms with Gasteiger partial charge in [-0.25, -0.2) is 0 Å². The van der Waals surface area contributed by atoms with E-state index >= 15 is 0 Å². The number of hydrogen-bond donors (Lipinski definition) is 0. The first kappa shape index (κ1) is 37.8. The summed E-state index contributed by atoms with van der Waals surface area (Å²) in [6.07, 6.45) is 0. The van der Waals surface area contributed by atoms with Gasteiger partial charge in [0.2, 0.25) is 0 Å². The van der Waals surface area contributed by atoms with Crippen molar-refractivity contribution >= 4 is 93.8 Å². The van der Waals surface area contributed by atoms with Gasteiger partial charge in [-0.15, -0.1) is 0 Å². The van der Waals surface area contributed by atoms with Crippen LogP contribution in [0.2, 0.25) is 0 Å². The Kier molecular flexibility index (Phi) is 8.89. The molecular weight excluding hydrogens is 767 g/mol. The molecule has 11 aromatic rings. The summed E-state index contributed by atoms with van der Waals surface area (Å²) in [5, 5.41) is 28.8. The second-order valence-electron chi connectivity index (χ2n) is 17.3. The zero-order valence-electron chi connectivity index (χ0n) is 35.6. The van der Waals surface area contributed by atoms with E-state index in [1.165, 1.54) is 60.0 Å². The molecule has 0 radical (unpaired) electrons. The first-order valence-corrected chi connectivity index (χ1v) is 21.7. The third-order valence-corrected chi connectivity index (χ3v) is 12.9. The van der Waals surface area contributed by atoms with Crippen molar-refractivity contribution in [1.29, 1.82) is 10.5 Å². The Hall–Kier alpha value is -8.12. The fraction of sp³-hybridized carbons (Fsp3) is 0.103. The SMILES string of the molecule is CC(C)c1ccc(N(c2ccc(C#N)cc2)c2ccc3cc4c5cccc6c7cc8ccc(N(c9ccc(C#N)cc9)c9ccc(C(C)C)cc9)cc8cc7n(c4cc3c2)c56)cc1. The van der Waals surface area contributed by atoms with Gasteiger partial charge in [0.25, 0.3) is 0 Å². The molecule has 0 saturated heterocycles. The second kappa shape index (κ2) is 14.8. The van der Waals surface area contributed by atoms with Crippen molar-refractivity contribution in [2.24, 2.45) is 0 Å². The van der Waals surface area contributed by atoms with Crippen LogP contribution in [-0.4, -0.2) is 4.40 Å². The zero-order chi connectivity index (χ0) is 42.9. The van der Waals surface area contributed by atoms with E-state index in [1.54, 1.807) is 0 Å². The summed E-state index contributed by atoms with van der Waals surface area (Å²) in [4.78, 5) is 4.55. The summed E-state index contributed by atoms with van der Waals surface area (Å²) in [6.45, 7) is 8.87. The van der Waals surface area contributed by atoms with Crippen molar-refractivity contribution in [3.8, 4) is 12.1 Å². The zero-order valence-corrected chi connectivity index (χ0v) is 35.6. The molecule has 0 saturated carbocycles. The number of benzene rings is 9. The highest BCUT2D eigenvalue weighted by molar-refractivity contribution is 6.26. The predicted octanol–water partition coefficient (Wildman–Crippen LogP) is 16.1. The van der Waals surface area contributed by atoms with Crippen molar-refractivity contribution in [2.45, 2.75) is 39.5 Å². The number of nitriles is 2. The van der Waals surface area contributed by atoms with Gasteiger partial charge in [-0.2, -0.15) is 10.5 Å². The Morgan fingerprint density at radius 3 is 1.11 bits per heavy atom. The van der Waals surface area contributed by atoms with Crippen LogP contribution < -0.4 is 9.80 Å². The Bertz CT molecular complexity index is 3380. The minimum Gasteiger partial charge on any atom is -0.310 e. The molecule has 0 fully saturated rings. The molecule has 63 heavy (non-hydrogen) atoms.